The molecule has 0 amide bonds. The summed E-state index contributed by atoms with van der Waals surface area (Å²) in [6.07, 6.45) is 13.8. The number of piperidine rings is 2. The molecule has 27 heavy (non-hydrogen) atoms. The molecule has 4 heteroatoms. The van der Waals surface area contributed by atoms with Gasteiger partial charge in [-0.2, -0.15) is 0 Å². The summed E-state index contributed by atoms with van der Waals surface area (Å²) in [5, 5.41) is 7.86. The van der Waals surface area contributed by atoms with E-state index in [4.69, 9.17) is 12.2 Å². The first-order chi connectivity index (χ1) is 13.1. The Morgan fingerprint density at radius 1 is 0.852 bits per heavy atom. The molecule has 0 spiro atoms. The lowest BCUT2D eigenvalue weighted by atomic mass is 9.78. The first-order valence-corrected chi connectivity index (χ1v) is 11.4. The van der Waals surface area contributed by atoms with Crippen LogP contribution in [0, 0.1) is 13.8 Å². The first-order valence-electron chi connectivity index (χ1n) is 11.0. The van der Waals surface area contributed by atoms with Crippen molar-refractivity contribution < 1.29 is 0 Å². The van der Waals surface area contributed by atoms with Gasteiger partial charge >= 0.3 is 0 Å². The molecule has 2 atom stereocenters. The highest BCUT2D eigenvalue weighted by Crippen LogP contribution is 2.39. The van der Waals surface area contributed by atoms with Crippen LogP contribution in [0.25, 0.3) is 0 Å². The second-order valence-corrected chi connectivity index (χ2v) is 9.53. The molecule has 2 saturated heterocycles. The Hall–Kier alpha value is -1.13. The maximum Gasteiger partial charge on any atom is 0.170 e. The summed E-state index contributed by atoms with van der Waals surface area (Å²) in [6, 6.07) is 9.44. The summed E-state index contributed by atoms with van der Waals surface area (Å²) in [5.41, 5.74) is 3.65. The second-order valence-electron chi connectivity index (χ2n) is 9.12. The van der Waals surface area contributed by atoms with E-state index in [-0.39, 0.29) is 0 Å². The lowest BCUT2D eigenvalue weighted by molar-refractivity contribution is -0.0195. The van der Waals surface area contributed by atoms with Gasteiger partial charge in [-0.25, -0.2) is 0 Å². The van der Waals surface area contributed by atoms with E-state index in [1.54, 1.807) is 0 Å². The van der Waals surface area contributed by atoms with Gasteiger partial charge in [0, 0.05) is 29.9 Å². The maximum atomic E-state index is 5.65. The predicted molar refractivity (Wildman–Crippen MR) is 118 cm³/mol. The summed E-state index contributed by atoms with van der Waals surface area (Å²) in [6.45, 7) is 4.27. The fraction of sp³-hybridized carbons (Fsp3) is 0.696. The van der Waals surface area contributed by atoms with Crippen molar-refractivity contribution in [1.82, 2.24) is 10.2 Å². The normalized spacial score (nSPS) is 29.3. The maximum absolute atomic E-state index is 5.65. The van der Waals surface area contributed by atoms with Crippen LogP contribution in [0.4, 0.5) is 5.69 Å². The van der Waals surface area contributed by atoms with Crippen LogP contribution in [0.15, 0.2) is 18.2 Å². The van der Waals surface area contributed by atoms with Gasteiger partial charge in [-0.3, -0.25) is 4.90 Å². The molecule has 3 aliphatic rings. The fourth-order valence-electron chi connectivity index (χ4n) is 5.91. The average Bonchev–Trinajstić information content (AvgIpc) is 2.60. The molecule has 2 bridgehead atoms. The molecular formula is C23H35N3S. The Balaban J connectivity index is 1.36. The van der Waals surface area contributed by atoms with Gasteiger partial charge in [0.25, 0.3) is 0 Å². The number of aryl methyl sites for hydroxylation is 2. The highest BCUT2D eigenvalue weighted by atomic mass is 32.1. The van der Waals surface area contributed by atoms with Crippen molar-refractivity contribution in [3.8, 4) is 0 Å². The van der Waals surface area contributed by atoms with Crippen LogP contribution < -0.4 is 10.6 Å². The minimum Gasteiger partial charge on any atom is -0.360 e. The zero-order valence-electron chi connectivity index (χ0n) is 17.0. The summed E-state index contributed by atoms with van der Waals surface area (Å²) < 4.78 is 0. The molecule has 148 valence electrons. The zero-order chi connectivity index (χ0) is 18.8. The lowest BCUT2D eigenvalue weighted by Crippen LogP contribution is -2.60. The number of nitrogens with zero attached hydrogens (tertiary/aromatic N) is 1. The lowest BCUT2D eigenvalue weighted by Gasteiger charge is -2.53. The largest absolute Gasteiger partial charge is 0.360 e. The van der Waals surface area contributed by atoms with Crippen LogP contribution in [-0.4, -0.2) is 34.2 Å². The van der Waals surface area contributed by atoms with Crippen LogP contribution in [0.5, 0.6) is 0 Å². The summed E-state index contributed by atoms with van der Waals surface area (Å²) in [5.74, 6) is 0. The third-order valence-corrected chi connectivity index (χ3v) is 7.06. The number of fused-ring (bicyclic) bond motifs is 2. The number of hydrogen-bond donors (Lipinski definition) is 2. The molecule has 2 N–H and O–H groups in total. The van der Waals surface area contributed by atoms with Crippen molar-refractivity contribution in [2.24, 2.45) is 0 Å². The van der Waals surface area contributed by atoms with Gasteiger partial charge in [0.1, 0.15) is 0 Å². The highest BCUT2D eigenvalue weighted by molar-refractivity contribution is 7.80. The number of hydrogen-bond acceptors (Lipinski definition) is 2. The van der Waals surface area contributed by atoms with E-state index in [9.17, 15) is 0 Å². The van der Waals surface area contributed by atoms with Crippen LogP contribution in [0.1, 0.15) is 75.3 Å². The minimum atomic E-state index is 0.519. The number of rotatable bonds is 3. The Bertz CT molecular complexity index is 633. The number of nitrogens with one attached hydrogen (secondary N) is 2. The van der Waals surface area contributed by atoms with Gasteiger partial charge in [-0.15, -0.1) is 0 Å². The van der Waals surface area contributed by atoms with Gasteiger partial charge in [-0.1, -0.05) is 31.7 Å². The van der Waals surface area contributed by atoms with E-state index in [0.717, 1.165) is 28.9 Å². The van der Waals surface area contributed by atoms with Gasteiger partial charge in [0.15, 0.2) is 5.11 Å². The molecule has 1 aromatic rings. The molecule has 3 fully saturated rings. The second kappa shape index (κ2) is 8.48. The van der Waals surface area contributed by atoms with Crippen LogP contribution >= 0.6 is 12.2 Å². The monoisotopic (exact) mass is 385 g/mol. The standard InChI is InChI=1S/C23H35N3S/c1-16-11-17(2)13-18(12-16)24-23(27)25-19-14-21-9-6-10-22(15-19)26(21)20-7-4-3-5-8-20/h11-13,19-22H,3-10,14-15H2,1-2H3,(H2,24,25,27). The fourth-order valence-corrected chi connectivity index (χ4v) is 6.19. The van der Waals surface area contributed by atoms with E-state index < -0.39 is 0 Å². The molecule has 0 radical (unpaired) electrons. The number of anilines is 1. The third kappa shape index (κ3) is 4.65. The Morgan fingerprint density at radius 2 is 1.44 bits per heavy atom. The molecule has 1 saturated carbocycles. The van der Waals surface area contributed by atoms with Crippen molar-refractivity contribution in [2.75, 3.05) is 5.32 Å². The SMILES string of the molecule is Cc1cc(C)cc(NC(=S)NC2CC3CCCC(C2)N3C2CCCCC2)c1. The quantitative estimate of drug-likeness (QED) is 0.690. The molecule has 0 aromatic heterocycles. The molecule has 2 unspecified atom stereocenters. The van der Waals surface area contributed by atoms with Crippen molar-refractivity contribution in [3.05, 3.63) is 29.3 Å². The highest BCUT2D eigenvalue weighted by Gasteiger charge is 2.41. The molecule has 4 rings (SSSR count). The van der Waals surface area contributed by atoms with Gasteiger partial charge < -0.3 is 10.6 Å². The van der Waals surface area contributed by atoms with E-state index >= 15 is 0 Å². The molecule has 1 aromatic carbocycles. The van der Waals surface area contributed by atoms with Crippen molar-refractivity contribution in [3.63, 3.8) is 0 Å². The Morgan fingerprint density at radius 3 is 2.07 bits per heavy atom. The predicted octanol–water partition coefficient (Wildman–Crippen LogP) is 5.31. The van der Waals surface area contributed by atoms with Gasteiger partial charge in [0.05, 0.1) is 0 Å². The summed E-state index contributed by atoms with van der Waals surface area (Å²) in [7, 11) is 0. The summed E-state index contributed by atoms with van der Waals surface area (Å²) >= 11 is 5.65. The number of benzene rings is 1. The Labute approximate surface area is 170 Å². The van der Waals surface area contributed by atoms with E-state index in [1.807, 2.05) is 0 Å². The summed E-state index contributed by atoms with van der Waals surface area (Å²) in [4.78, 5) is 2.95. The molecule has 2 heterocycles. The topological polar surface area (TPSA) is 27.3 Å². The van der Waals surface area contributed by atoms with E-state index in [0.29, 0.717) is 6.04 Å². The van der Waals surface area contributed by atoms with Gasteiger partial charge in [0.2, 0.25) is 0 Å². The van der Waals surface area contributed by atoms with E-state index in [2.05, 4.69) is 47.6 Å². The molecule has 2 aliphatic heterocycles. The van der Waals surface area contributed by atoms with Crippen LogP contribution in [0.3, 0.4) is 0 Å². The minimum absolute atomic E-state index is 0.519. The van der Waals surface area contributed by atoms with Crippen LogP contribution in [-0.2, 0) is 0 Å². The number of thiocarbonyl (C=S) groups is 1. The molecular weight excluding hydrogens is 350 g/mol. The Kier molecular flexibility index (Phi) is 6.03. The average molecular weight is 386 g/mol. The zero-order valence-corrected chi connectivity index (χ0v) is 17.8. The third-order valence-electron chi connectivity index (χ3n) is 6.84. The van der Waals surface area contributed by atoms with Crippen molar-refractivity contribution in [2.45, 2.75) is 102 Å². The van der Waals surface area contributed by atoms with Crippen molar-refractivity contribution in [1.29, 1.82) is 0 Å². The van der Waals surface area contributed by atoms with Gasteiger partial charge in [-0.05, 0) is 87.8 Å². The smallest absolute Gasteiger partial charge is 0.170 e. The van der Waals surface area contributed by atoms with E-state index in [1.165, 1.54) is 75.3 Å². The van der Waals surface area contributed by atoms with Crippen molar-refractivity contribution >= 4 is 23.0 Å². The molecule has 3 nitrogen and oxygen atoms in total. The first kappa shape index (κ1) is 19.2. The van der Waals surface area contributed by atoms with Crippen LogP contribution in [0.2, 0.25) is 0 Å². The molecule has 1 aliphatic carbocycles.